The number of nitrogens with zero attached hydrogens (tertiary/aromatic N) is 1. The molecule has 80 valence electrons. The zero-order valence-electron chi connectivity index (χ0n) is 9.16. The number of nitrogens with one attached hydrogen (secondary N) is 1. The summed E-state index contributed by atoms with van der Waals surface area (Å²) in [7, 11) is 0. The van der Waals surface area contributed by atoms with Crippen molar-refractivity contribution in [2.75, 3.05) is 5.43 Å². The number of carbonyl (C=O) groups excluding carboxylic acids is 1. The number of para-hydroxylation sites is 1. The van der Waals surface area contributed by atoms with Gasteiger partial charge in [0.1, 0.15) is 5.71 Å². The van der Waals surface area contributed by atoms with Gasteiger partial charge in [0.2, 0.25) is 0 Å². The summed E-state index contributed by atoms with van der Waals surface area (Å²) in [5, 5.41) is 4.10. The Balaban J connectivity index is 2.65. The average Bonchev–Trinajstić information content (AvgIpc) is 2.25. The number of rotatable bonds is 5. The van der Waals surface area contributed by atoms with E-state index in [1.54, 1.807) is 6.92 Å². The number of hydrazone groups is 1. The maximum absolute atomic E-state index is 11.2. The summed E-state index contributed by atoms with van der Waals surface area (Å²) >= 11 is 0. The molecule has 3 nitrogen and oxygen atoms in total. The van der Waals surface area contributed by atoms with Gasteiger partial charge in [-0.1, -0.05) is 31.5 Å². The van der Waals surface area contributed by atoms with Gasteiger partial charge < -0.3 is 0 Å². The molecule has 0 saturated carbocycles. The number of hydrogen-bond donors (Lipinski definition) is 1. The van der Waals surface area contributed by atoms with E-state index in [0.717, 1.165) is 18.5 Å². The number of carbonyl (C=O) groups is 1. The molecule has 0 aliphatic heterocycles. The molecule has 0 saturated heterocycles. The topological polar surface area (TPSA) is 41.5 Å². The van der Waals surface area contributed by atoms with E-state index in [1.165, 1.54) is 0 Å². The van der Waals surface area contributed by atoms with Crippen LogP contribution in [0.3, 0.4) is 0 Å². The van der Waals surface area contributed by atoms with Crippen LogP contribution in [0.1, 0.15) is 26.7 Å². The fraction of sp³-hybridized carbons (Fsp3) is 0.333. The molecular formula is C12H16N2O. The number of Topliss-reactive ketones (excluding diaryl/α,β-unsaturated/α-hetero) is 1. The average molecular weight is 204 g/mol. The summed E-state index contributed by atoms with van der Waals surface area (Å²) in [4.78, 5) is 11.2. The quantitative estimate of drug-likeness (QED) is 0.592. The van der Waals surface area contributed by atoms with Crippen LogP contribution in [0.5, 0.6) is 0 Å². The third-order valence-electron chi connectivity index (χ3n) is 1.99. The lowest BCUT2D eigenvalue weighted by Crippen LogP contribution is -2.11. The van der Waals surface area contributed by atoms with Gasteiger partial charge in [-0.2, -0.15) is 5.10 Å². The van der Waals surface area contributed by atoms with Crippen LogP contribution in [0.25, 0.3) is 0 Å². The molecule has 1 aromatic rings. The van der Waals surface area contributed by atoms with Crippen molar-refractivity contribution in [1.82, 2.24) is 0 Å². The second-order valence-electron chi connectivity index (χ2n) is 3.34. The summed E-state index contributed by atoms with van der Waals surface area (Å²) < 4.78 is 0. The van der Waals surface area contributed by atoms with Gasteiger partial charge in [0, 0.05) is 6.92 Å². The van der Waals surface area contributed by atoms with Crippen molar-refractivity contribution in [3.05, 3.63) is 30.3 Å². The third kappa shape index (κ3) is 3.94. The lowest BCUT2D eigenvalue weighted by atomic mass is 10.2. The zero-order valence-corrected chi connectivity index (χ0v) is 9.16. The minimum atomic E-state index is 0.0280. The van der Waals surface area contributed by atoms with Crippen LogP contribution >= 0.6 is 0 Å². The minimum absolute atomic E-state index is 0.0280. The molecule has 0 amide bonds. The van der Waals surface area contributed by atoms with Crippen molar-refractivity contribution in [1.29, 1.82) is 0 Å². The highest BCUT2D eigenvalue weighted by Crippen LogP contribution is 2.05. The van der Waals surface area contributed by atoms with Crippen molar-refractivity contribution in [2.45, 2.75) is 26.7 Å². The van der Waals surface area contributed by atoms with Gasteiger partial charge in [0.05, 0.1) is 5.69 Å². The number of benzene rings is 1. The Labute approximate surface area is 90.2 Å². The Hall–Kier alpha value is -1.64. The second kappa shape index (κ2) is 5.96. The molecule has 0 radical (unpaired) electrons. The molecule has 1 N–H and O–H groups in total. The highest BCUT2D eigenvalue weighted by Gasteiger charge is 2.03. The number of anilines is 1. The molecule has 0 aliphatic carbocycles. The van der Waals surface area contributed by atoms with E-state index in [-0.39, 0.29) is 5.78 Å². The molecule has 0 atom stereocenters. The SMILES string of the molecule is CCCC(=NNc1ccccc1)C(C)=O. The second-order valence-corrected chi connectivity index (χ2v) is 3.34. The first-order valence-corrected chi connectivity index (χ1v) is 5.12. The van der Waals surface area contributed by atoms with Gasteiger partial charge >= 0.3 is 0 Å². The summed E-state index contributed by atoms with van der Waals surface area (Å²) in [6.45, 7) is 3.57. The Morgan fingerprint density at radius 3 is 2.53 bits per heavy atom. The third-order valence-corrected chi connectivity index (χ3v) is 1.99. The largest absolute Gasteiger partial charge is 0.293 e. The molecule has 0 aliphatic rings. The molecule has 1 aromatic carbocycles. The first-order valence-electron chi connectivity index (χ1n) is 5.12. The number of hydrogen-bond acceptors (Lipinski definition) is 3. The highest BCUT2D eigenvalue weighted by atomic mass is 16.1. The zero-order chi connectivity index (χ0) is 11.1. The summed E-state index contributed by atoms with van der Waals surface area (Å²) in [5.41, 5.74) is 4.37. The van der Waals surface area contributed by atoms with Crippen molar-refractivity contribution < 1.29 is 4.79 Å². The summed E-state index contributed by atoms with van der Waals surface area (Å²) in [6.07, 6.45) is 1.64. The molecule has 0 fully saturated rings. The van der Waals surface area contributed by atoms with E-state index in [9.17, 15) is 4.79 Å². The molecular weight excluding hydrogens is 188 g/mol. The van der Waals surface area contributed by atoms with E-state index in [4.69, 9.17) is 0 Å². The van der Waals surface area contributed by atoms with Crippen LogP contribution in [-0.4, -0.2) is 11.5 Å². The molecule has 0 aromatic heterocycles. The van der Waals surface area contributed by atoms with Crippen molar-refractivity contribution in [2.24, 2.45) is 5.10 Å². The van der Waals surface area contributed by atoms with Gasteiger partial charge in [-0.05, 0) is 18.6 Å². The lowest BCUT2D eigenvalue weighted by molar-refractivity contribution is -0.111. The van der Waals surface area contributed by atoms with Gasteiger partial charge in [0.25, 0.3) is 0 Å². The first kappa shape index (κ1) is 11.4. The van der Waals surface area contributed by atoms with E-state index in [2.05, 4.69) is 10.5 Å². The van der Waals surface area contributed by atoms with Gasteiger partial charge in [-0.3, -0.25) is 10.2 Å². The highest BCUT2D eigenvalue weighted by molar-refractivity contribution is 6.39. The van der Waals surface area contributed by atoms with Crippen LogP contribution in [0.4, 0.5) is 5.69 Å². The molecule has 0 unspecified atom stereocenters. The van der Waals surface area contributed by atoms with Gasteiger partial charge in [-0.25, -0.2) is 0 Å². The molecule has 3 heteroatoms. The van der Waals surface area contributed by atoms with Crippen molar-refractivity contribution in [3.63, 3.8) is 0 Å². The van der Waals surface area contributed by atoms with E-state index < -0.39 is 0 Å². The van der Waals surface area contributed by atoms with Gasteiger partial charge in [0.15, 0.2) is 5.78 Å². The lowest BCUT2D eigenvalue weighted by Gasteiger charge is -2.03. The summed E-state index contributed by atoms with van der Waals surface area (Å²) in [5.74, 6) is 0.0280. The molecule has 0 heterocycles. The Morgan fingerprint density at radius 1 is 1.33 bits per heavy atom. The normalized spacial score (nSPS) is 11.2. The summed E-state index contributed by atoms with van der Waals surface area (Å²) in [6, 6.07) is 9.60. The minimum Gasteiger partial charge on any atom is -0.293 e. The fourth-order valence-corrected chi connectivity index (χ4v) is 1.19. The predicted octanol–water partition coefficient (Wildman–Crippen LogP) is 2.84. The van der Waals surface area contributed by atoms with E-state index in [0.29, 0.717) is 5.71 Å². The Kier molecular flexibility index (Phi) is 4.54. The standard InChI is InChI=1S/C12H16N2O/c1-3-7-12(10(2)15)14-13-11-8-5-4-6-9-11/h4-6,8-9,13H,3,7H2,1-2H3. The van der Waals surface area contributed by atoms with Crippen LogP contribution in [0.2, 0.25) is 0 Å². The monoisotopic (exact) mass is 204 g/mol. The maximum atomic E-state index is 11.2. The molecule has 1 rings (SSSR count). The Morgan fingerprint density at radius 2 is 2.00 bits per heavy atom. The van der Waals surface area contributed by atoms with Crippen LogP contribution in [0.15, 0.2) is 35.4 Å². The van der Waals surface area contributed by atoms with Gasteiger partial charge in [-0.15, -0.1) is 0 Å². The molecule has 15 heavy (non-hydrogen) atoms. The van der Waals surface area contributed by atoms with Crippen molar-refractivity contribution in [3.8, 4) is 0 Å². The van der Waals surface area contributed by atoms with E-state index in [1.807, 2.05) is 37.3 Å². The molecule has 0 bridgehead atoms. The van der Waals surface area contributed by atoms with Crippen LogP contribution in [0, 0.1) is 0 Å². The smallest absolute Gasteiger partial charge is 0.175 e. The molecule has 0 spiro atoms. The Bertz CT molecular complexity index is 344. The van der Waals surface area contributed by atoms with Crippen molar-refractivity contribution >= 4 is 17.2 Å². The predicted molar refractivity (Wildman–Crippen MR) is 63.1 cm³/mol. The fourth-order valence-electron chi connectivity index (χ4n) is 1.19. The van der Waals surface area contributed by atoms with E-state index >= 15 is 0 Å². The first-order chi connectivity index (χ1) is 7.24. The maximum Gasteiger partial charge on any atom is 0.175 e. The van der Waals surface area contributed by atoms with Crippen LogP contribution < -0.4 is 5.43 Å². The number of ketones is 1. The van der Waals surface area contributed by atoms with Crippen LogP contribution in [-0.2, 0) is 4.79 Å².